The molecule has 0 fully saturated rings. The van der Waals surface area contributed by atoms with Crippen LogP contribution in [0.2, 0.25) is 0 Å². The molecular weight excluding hydrogens is 254 g/mol. The number of aromatic hydroxyl groups is 1. The number of hydrogen-bond acceptors (Lipinski definition) is 4. The van der Waals surface area contributed by atoms with Gasteiger partial charge in [-0.3, -0.25) is 9.78 Å². The Morgan fingerprint density at radius 2 is 2.25 bits per heavy atom. The minimum atomic E-state index is -0.408. The quantitative estimate of drug-likeness (QED) is 0.717. The molecule has 20 heavy (non-hydrogen) atoms. The third-order valence-electron chi connectivity index (χ3n) is 2.50. The van der Waals surface area contributed by atoms with Gasteiger partial charge in [-0.15, -0.1) is 0 Å². The SMILES string of the molecule is NCC#Cc1cccc(NC(=O)c2ccncc2O)c1. The number of nitrogens with zero attached hydrogens (tertiary/aromatic N) is 1. The van der Waals surface area contributed by atoms with Gasteiger partial charge in [0.25, 0.3) is 5.91 Å². The zero-order chi connectivity index (χ0) is 14.4. The van der Waals surface area contributed by atoms with Crippen LogP contribution >= 0.6 is 0 Å². The molecule has 0 spiro atoms. The Labute approximate surface area is 116 Å². The number of aromatic nitrogens is 1. The van der Waals surface area contributed by atoms with Crippen molar-refractivity contribution in [2.24, 2.45) is 5.73 Å². The van der Waals surface area contributed by atoms with Gasteiger partial charge in [-0.2, -0.15) is 0 Å². The lowest BCUT2D eigenvalue weighted by Crippen LogP contribution is -2.12. The number of rotatable bonds is 2. The van der Waals surface area contributed by atoms with E-state index < -0.39 is 5.91 Å². The standard InChI is InChI=1S/C15H13N3O2/c16-7-2-4-11-3-1-5-12(9-11)18-15(20)13-6-8-17-10-14(13)19/h1,3,5-6,8-10,19H,7,16H2,(H,18,20). The second-order valence-corrected chi connectivity index (χ2v) is 3.93. The number of benzene rings is 1. The van der Waals surface area contributed by atoms with E-state index in [9.17, 15) is 9.90 Å². The molecule has 1 aromatic carbocycles. The van der Waals surface area contributed by atoms with Crippen LogP contribution in [0.15, 0.2) is 42.7 Å². The van der Waals surface area contributed by atoms with Crippen LogP contribution in [0.4, 0.5) is 5.69 Å². The van der Waals surface area contributed by atoms with Crippen LogP contribution in [-0.2, 0) is 0 Å². The first-order chi connectivity index (χ1) is 9.70. The van der Waals surface area contributed by atoms with Crippen LogP contribution in [0.3, 0.4) is 0 Å². The van der Waals surface area contributed by atoms with Gasteiger partial charge < -0.3 is 16.2 Å². The number of nitrogens with one attached hydrogen (secondary N) is 1. The van der Waals surface area contributed by atoms with Crippen molar-refractivity contribution in [2.45, 2.75) is 0 Å². The van der Waals surface area contributed by atoms with Crippen LogP contribution in [-0.4, -0.2) is 22.5 Å². The third kappa shape index (κ3) is 3.34. The molecule has 0 radical (unpaired) electrons. The monoisotopic (exact) mass is 267 g/mol. The van der Waals surface area contributed by atoms with E-state index in [1.165, 1.54) is 18.5 Å². The summed E-state index contributed by atoms with van der Waals surface area (Å²) in [6, 6.07) is 8.52. The molecule has 0 atom stereocenters. The van der Waals surface area contributed by atoms with Crippen molar-refractivity contribution < 1.29 is 9.90 Å². The van der Waals surface area contributed by atoms with Gasteiger partial charge in [0.15, 0.2) is 0 Å². The Hall–Kier alpha value is -2.84. The molecule has 0 saturated heterocycles. The van der Waals surface area contributed by atoms with E-state index in [-0.39, 0.29) is 17.9 Å². The first-order valence-electron chi connectivity index (χ1n) is 5.94. The first-order valence-corrected chi connectivity index (χ1v) is 5.94. The van der Waals surface area contributed by atoms with E-state index in [0.29, 0.717) is 5.69 Å². The van der Waals surface area contributed by atoms with Gasteiger partial charge in [0.05, 0.1) is 18.3 Å². The average Bonchev–Trinajstić information content (AvgIpc) is 2.46. The third-order valence-corrected chi connectivity index (χ3v) is 2.50. The van der Waals surface area contributed by atoms with Crippen LogP contribution < -0.4 is 11.1 Å². The Kier molecular flexibility index (Phi) is 4.32. The number of amides is 1. The minimum Gasteiger partial charge on any atom is -0.505 e. The fourth-order valence-corrected chi connectivity index (χ4v) is 1.60. The van der Waals surface area contributed by atoms with Crippen LogP contribution in [0.25, 0.3) is 0 Å². The van der Waals surface area contributed by atoms with E-state index in [1.807, 2.05) is 6.07 Å². The van der Waals surface area contributed by atoms with Crippen molar-refractivity contribution >= 4 is 11.6 Å². The number of anilines is 1. The Morgan fingerprint density at radius 3 is 3.00 bits per heavy atom. The molecule has 0 aliphatic heterocycles. The zero-order valence-electron chi connectivity index (χ0n) is 10.6. The maximum Gasteiger partial charge on any atom is 0.259 e. The topological polar surface area (TPSA) is 88.2 Å². The molecule has 4 N–H and O–H groups in total. The first kappa shape index (κ1) is 13.6. The summed E-state index contributed by atoms with van der Waals surface area (Å²) in [7, 11) is 0. The number of carbonyl (C=O) groups is 1. The highest BCUT2D eigenvalue weighted by molar-refractivity contribution is 6.06. The van der Waals surface area contributed by atoms with Crippen molar-refractivity contribution in [1.29, 1.82) is 0 Å². The summed E-state index contributed by atoms with van der Waals surface area (Å²) < 4.78 is 0. The van der Waals surface area contributed by atoms with Crippen molar-refractivity contribution in [3.8, 4) is 17.6 Å². The molecule has 2 rings (SSSR count). The Morgan fingerprint density at radius 1 is 1.40 bits per heavy atom. The van der Waals surface area contributed by atoms with E-state index in [2.05, 4.69) is 22.1 Å². The molecular formula is C15H13N3O2. The summed E-state index contributed by atoms with van der Waals surface area (Å²) in [4.78, 5) is 15.7. The maximum atomic E-state index is 12.0. The normalized spacial score (nSPS) is 9.45. The molecule has 5 nitrogen and oxygen atoms in total. The van der Waals surface area contributed by atoms with Gasteiger partial charge in [0.2, 0.25) is 0 Å². The Balaban J connectivity index is 2.18. The smallest absolute Gasteiger partial charge is 0.259 e. The summed E-state index contributed by atoms with van der Waals surface area (Å²) in [5.41, 5.74) is 6.83. The second-order valence-electron chi connectivity index (χ2n) is 3.93. The van der Waals surface area contributed by atoms with E-state index in [4.69, 9.17) is 5.73 Å². The maximum absolute atomic E-state index is 12.0. The van der Waals surface area contributed by atoms with Gasteiger partial charge in [0.1, 0.15) is 5.75 Å². The van der Waals surface area contributed by atoms with Gasteiger partial charge in [-0.05, 0) is 24.3 Å². The summed E-state index contributed by atoms with van der Waals surface area (Å²) in [5.74, 6) is 5.05. The summed E-state index contributed by atoms with van der Waals surface area (Å²) in [5, 5.41) is 12.3. The Bertz CT molecular complexity index is 687. The van der Waals surface area contributed by atoms with E-state index in [0.717, 1.165) is 5.56 Å². The highest BCUT2D eigenvalue weighted by atomic mass is 16.3. The van der Waals surface area contributed by atoms with Crippen LogP contribution in [0, 0.1) is 11.8 Å². The van der Waals surface area contributed by atoms with Gasteiger partial charge in [-0.25, -0.2) is 0 Å². The van der Waals surface area contributed by atoms with Gasteiger partial charge >= 0.3 is 0 Å². The molecule has 1 heterocycles. The van der Waals surface area contributed by atoms with E-state index in [1.54, 1.807) is 18.2 Å². The number of hydrogen-bond donors (Lipinski definition) is 3. The molecule has 0 bridgehead atoms. The fourth-order valence-electron chi connectivity index (χ4n) is 1.60. The molecule has 5 heteroatoms. The van der Waals surface area contributed by atoms with Crippen molar-refractivity contribution in [3.63, 3.8) is 0 Å². The lowest BCUT2D eigenvalue weighted by Gasteiger charge is -2.06. The van der Waals surface area contributed by atoms with Crippen LogP contribution in [0.1, 0.15) is 15.9 Å². The highest BCUT2D eigenvalue weighted by Gasteiger charge is 2.10. The highest BCUT2D eigenvalue weighted by Crippen LogP contribution is 2.17. The van der Waals surface area contributed by atoms with Crippen molar-refractivity contribution in [3.05, 3.63) is 53.9 Å². The summed E-state index contributed by atoms with van der Waals surface area (Å²) in [6.45, 7) is 0.279. The largest absolute Gasteiger partial charge is 0.505 e. The molecule has 2 aromatic rings. The molecule has 0 unspecified atom stereocenters. The predicted molar refractivity (Wildman–Crippen MR) is 76.2 cm³/mol. The van der Waals surface area contributed by atoms with Gasteiger partial charge in [-0.1, -0.05) is 17.9 Å². The molecule has 0 aliphatic rings. The zero-order valence-corrected chi connectivity index (χ0v) is 10.6. The number of nitrogens with two attached hydrogens (primary N) is 1. The minimum absolute atomic E-state index is 0.163. The second kappa shape index (κ2) is 6.36. The fraction of sp³-hybridized carbons (Fsp3) is 0.0667. The molecule has 0 saturated carbocycles. The van der Waals surface area contributed by atoms with Crippen LogP contribution in [0.5, 0.6) is 5.75 Å². The summed E-state index contributed by atoms with van der Waals surface area (Å²) in [6.07, 6.45) is 2.66. The molecule has 1 amide bonds. The molecule has 0 aliphatic carbocycles. The van der Waals surface area contributed by atoms with E-state index >= 15 is 0 Å². The van der Waals surface area contributed by atoms with Gasteiger partial charge in [0, 0.05) is 17.4 Å². The lowest BCUT2D eigenvalue weighted by atomic mass is 10.2. The number of pyridine rings is 1. The molecule has 1 aromatic heterocycles. The average molecular weight is 267 g/mol. The lowest BCUT2D eigenvalue weighted by molar-refractivity contribution is 0.102. The summed E-state index contributed by atoms with van der Waals surface area (Å²) >= 11 is 0. The predicted octanol–water partition coefficient (Wildman–Crippen LogP) is 1.35. The van der Waals surface area contributed by atoms with Crippen molar-refractivity contribution in [2.75, 3.05) is 11.9 Å². The van der Waals surface area contributed by atoms with Crippen molar-refractivity contribution in [1.82, 2.24) is 4.98 Å². The number of carbonyl (C=O) groups excluding carboxylic acids is 1. The molecule has 100 valence electrons.